The Balaban J connectivity index is 2.38. The van der Waals surface area contributed by atoms with Gasteiger partial charge in [-0.3, -0.25) is 4.79 Å². The minimum atomic E-state index is -1.02. The van der Waals surface area contributed by atoms with Crippen molar-refractivity contribution in [3.63, 3.8) is 0 Å². The van der Waals surface area contributed by atoms with E-state index in [1.165, 1.54) is 6.92 Å². The van der Waals surface area contributed by atoms with E-state index in [4.69, 9.17) is 5.11 Å². The second kappa shape index (κ2) is 5.89. The van der Waals surface area contributed by atoms with Crippen LogP contribution in [0, 0.1) is 11.8 Å². The highest BCUT2D eigenvalue weighted by atomic mass is 16.4. The highest BCUT2D eigenvalue weighted by Gasteiger charge is 2.27. The average Bonchev–Trinajstić information content (AvgIpc) is 2.22. The molecule has 3 N–H and O–H groups in total. The van der Waals surface area contributed by atoms with E-state index >= 15 is 0 Å². The van der Waals surface area contributed by atoms with Crippen molar-refractivity contribution in [2.45, 2.75) is 52.1 Å². The molecular weight excluding hydrogens is 220 g/mol. The lowest BCUT2D eigenvalue weighted by atomic mass is 9.80. The lowest BCUT2D eigenvalue weighted by Crippen LogP contribution is -2.50. The minimum Gasteiger partial charge on any atom is -0.480 e. The Labute approximate surface area is 102 Å². The van der Waals surface area contributed by atoms with E-state index < -0.39 is 12.0 Å². The fraction of sp³-hybridized carbons (Fsp3) is 0.833. The van der Waals surface area contributed by atoms with Gasteiger partial charge in [0.2, 0.25) is 0 Å². The first kappa shape index (κ1) is 13.8. The van der Waals surface area contributed by atoms with Gasteiger partial charge in [-0.1, -0.05) is 13.8 Å². The van der Waals surface area contributed by atoms with Crippen molar-refractivity contribution < 1.29 is 14.7 Å². The molecule has 5 nitrogen and oxygen atoms in total. The van der Waals surface area contributed by atoms with E-state index in [9.17, 15) is 9.59 Å². The molecule has 0 aromatic heterocycles. The van der Waals surface area contributed by atoms with Gasteiger partial charge in [0.15, 0.2) is 0 Å². The van der Waals surface area contributed by atoms with Crippen molar-refractivity contribution in [2.75, 3.05) is 0 Å². The minimum absolute atomic E-state index is 0.159. The van der Waals surface area contributed by atoms with Crippen LogP contribution >= 0.6 is 0 Å². The van der Waals surface area contributed by atoms with E-state index in [-0.39, 0.29) is 12.1 Å². The predicted molar refractivity (Wildman–Crippen MR) is 64.7 cm³/mol. The summed E-state index contributed by atoms with van der Waals surface area (Å²) < 4.78 is 0. The second-order valence-corrected chi connectivity index (χ2v) is 5.18. The number of carbonyl (C=O) groups is 2. The first-order chi connectivity index (χ1) is 7.90. The number of amides is 2. The molecule has 0 aliphatic heterocycles. The Bertz CT molecular complexity index is 293. The highest BCUT2D eigenvalue weighted by Crippen LogP contribution is 2.28. The third kappa shape index (κ3) is 4.24. The molecule has 17 heavy (non-hydrogen) atoms. The molecule has 0 aromatic rings. The van der Waals surface area contributed by atoms with Gasteiger partial charge in [0.25, 0.3) is 0 Å². The zero-order chi connectivity index (χ0) is 13.0. The van der Waals surface area contributed by atoms with Crippen LogP contribution in [-0.2, 0) is 4.79 Å². The molecule has 98 valence electrons. The van der Waals surface area contributed by atoms with E-state index in [1.54, 1.807) is 0 Å². The molecule has 1 aliphatic rings. The van der Waals surface area contributed by atoms with Crippen molar-refractivity contribution in [1.82, 2.24) is 10.6 Å². The molecule has 0 saturated heterocycles. The standard InChI is InChI=1S/C12H22N2O3/c1-7-4-5-10(8(2)6-7)14-12(17)13-9(3)11(15)16/h7-10H,4-6H2,1-3H3,(H,15,16)(H2,13,14,17)/t7?,8?,9-,10?/m0/s1. The largest absolute Gasteiger partial charge is 0.480 e. The summed E-state index contributed by atoms with van der Waals surface area (Å²) in [5.74, 6) is 0.138. The Morgan fingerprint density at radius 2 is 1.94 bits per heavy atom. The maximum absolute atomic E-state index is 11.6. The third-order valence-corrected chi connectivity index (χ3v) is 3.47. The zero-order valence-electron chi connectivity index (χ0n) is 10.7. The molecule has 1 fully saturated rings. The molecule has 0 radical (unpaired) electrons. The number of urea groups is 1. The molecule has 5 heteroatoms. The fourth-order valence-corrected chi connectivity index (χ4v) is 2.35. The topological polar surface area (TPSA) is 78.4 Å². The van der Waals surface area contributed by atoms with E-state index in [0.717, 1.165) is 19.3 Å². The van der Waals surface area contributed by atoms with E-state index in [2.05, 4.69) is 24.5 Å². The fourth-order valence-electron chi connectivity index (χ4n) is 2.35. The number of nitrogens with one attached hydrogen (secondary N) is 2. The molecule has 0 aromatic carbocycles. The smallest absolute Gasteiger partial charge is 0.325 e. The van der Waals surface area contributed by atoms with Crippen LogP contribution in [0.15, 0.2) is 0 Å². The molecule has 4 atom stereocenters. The van der Waals surface area contributed by atoms with Crippen molar-refractivity contribution in [3.8, 4) is 0 Å². The molecule has 0 heterocycles. The third-order valence-electron chi connectivity index (χ3n) is 3.47. The summed E-state index contributed by atoms with van der Waals surface area (Å²) in [6.45, 7) is 5.80. The van der Waals surface area contributed by atoms with Gasteiger partial charge in [-0.25, -0.2) is 4.79 Å². The number of rotatable bonds is 3. The number of carbonyl (C=O) groups excluding carboxylic acids is 1. The highest BCUT2D eigenvalue weighted by molar-refractivity contribution is 5.82. The van der Waals surface area contributed by atoms with Crippen molar-refractivity contribution in [2.24, 2.45) is 11.8 Å². The first-order valence-corrected chi connectivity index (χ1v) is 6.20. The molecule has 1 aliphatic carbocycles. The van der Waals surface area contributed by atoms with Gasteiger partial charge in [0.05, 0.1) is 0 Å². The average molecular weight is 242 g/mol. The number of carboxylic acids is 1. The lowest BCUT2D eigenvalue weighted by molar-refractivity contribution is -0.138. The van der Waals surface area contributed by atoms with E-state index in [1.807, 2.05) is 0 Å². The normalized spacial score (nSPS) is 30.4. The number of carboxylic acid groups (broad SMARTS) is 1. The summed E-state index contributed by atoms with van der Waals surface area (Å²) >= 11 is 0. The summed E-state index contributed by atoms with van der Waals surface area (Å²) in [5.41, 5.74) is 0. The monoisotopic (exact) mass is 242 g/mol. The van der Waals surface area contributed by atoms with E-state index in [0.29, 0.717) is 11.8 Å². The van der Waals surface area contributed by atoms with Crippen LogP contribution in [0.25, 0.3) is 0 Å². The molecule has 1 rings (SSSR count). The van der Waals surface area contributed by atoms with Gasteiger partial charge < -0.3 is 15.7 Å². The maximum Gasteiger partial charge on any atom is 0.325 e. The Kier molecular flexibility index (Phi) is 4.78. The van der Waals surface area contributed by atoms with Crippen LogP contribution in [0.4, 0.5) is 4.79 Å². The van der Waals surface area contributed by atoms with Crippen LogP contribution in [-0.4, -0.2) is 29.2 Å². The Hall–Kier alpha value is -1.26. The molecule has 2 amide bonds. The summed E-state index contributed by atoms with van der Waals surface area (Å²) in [6.07, 6.45) is 3.19. The summed E-state index contributed by atoms with van der Waals surface area (Å²) in [7, 11) is 0. The molecule has 1 saturated carbocycles. The molecule has 0 bridgehead atoms. The van der Waals surface area contributed by atoms with Gasteiger partial charge in [-0.05, 0) is 38.0 Å². The predicted octanol–water partition coefficient (Wildman–Crippen LogP) is 1.58. The number of aliphatic carboxylic acids is 1. The van der Waals surface area contributed by atoms with Crippen LogP contribution < -0.4 is 10.6 Å². The van der Waals surface area contributed by atoms with Gasteiger partial charge >= 0.3 is 12.0 Å². The summed E-state index contributed by atoms with van der Waals surface area (Å²) in [5, 5.41) is 14.0. The first-order valence-electron chi connectivity index (χ1n) is 6.20. The number of hydrogen-bond acceptors (Lipinski definition) is 2. The van der Waals surface area contributed by atoms with Gasteiger partial charge in [-0.2, -0.15) is 0 Å². The Morgan fingerprint density at radius 1 is 1.29 bits per heavy atom. The molecule has 0 spiro atoms. The summed E-state index contributed by atoms with van der Waals surface area (Å²) in [6, 6.07) is -1.08. The molecular formula is C12H22N2O3. The SMILES string of the molecule is CC1CCC(NC(=O)N[C@@H](C)C(=O)O)C(C)C1. The molecule has 3 unspecified atom stereocenters. The lowest BCUT2D eigenvalue weighted by Gasteiger charge is -2.33. The van der Waals surface area contributed by atoms with Crippen LogP contribution in [0.5, 0.6) is 0 Å². The van der Waals surface area contributed by atoms with Crippen LogP contribution in [0.3, 0.4) is 0 Å². The van der Waals surface area contributed by atoms with Gasteiger partial charge in [0.1, 0.15) is 6.04 Å². The van der Waals surface area contributed by atoms with Crippen LogP contribution in [0.2, 0.25) is 0 Å². The van der Waals surface area contributed by atoms with Crippen molar-refractivity contribution in [1.29, 1.82) is 0 Å². The quantitative estimate of drug-likeness (QED) is 0.703. The van der Waals surface area contributed by atoms with Gasteiger partial charge in [-0.15, -0.1) is 0 Å². The Morgan fingerprint density at radius 3 is 2.47 bits per heavy atom. The summed E-state index contributed by atoms with van der Waals surface area (Å²) in [4.78, 5) is 22.2. The van der Waals surface area contributed by atoms with Gasteiger partial charge in [0, 0.05) is 6.04 Å². The van der Waals surface area contributed by atoms with Crippen molar-refractivity contribution in [3.05, 3.63) is 0 Å². The zero-order valence-corrected chi connectivity index (χ0v) is 10.7. The van der Waals surface area contributed by atoms with Crippen LogP contribution in [0.1, 0.15) is 40.0 Å². The number of hydrogen-bond donors (Lipinski definition) is 3. The van der Waals surface area contributed by atoms with Crippen molar-refractivity contribution >= 4 is 12.0 Å². The second-order valence-electron chi connectivity index (χ2n) is 5.18. The maximum atomic E-state index is 11.6.